The van der Waals surface area contributed by atoms with Gasteiger partial charge in [0.1, 0.15) is 22.5 Å². The van der Waals surface area contributed by atoms with E-state index in [-0.39, 0.29) is 5.75 Å². The normalized spacial score (nSPS) is 11.0. The molecule has 0 saturated carbocycles. The number of nitrogen functional groups attached to an aromatic ring is 1. The Morgan fingerprint density at radius 2 is 1.67 bits per heavy atom. The van der Waals surface area contributed by atoms with Crippen LogP contribution in [0.25, 0.3) is 16.7 Å². The largest absolute Gasteiger partial charge is 0.506 e. The molecule has 0 spiro atoms. The van der Waals surface area contributed by atoms with Gasteiger partial charge in [0.25, 0.3) is 0 Å². The van der Waals surface area contributed by atoms with E-state index >= 15 is 0 Å². The Kier molecular flexibility index (Phi) is 4.16. The molecule has 6 heteroatoms. The summed E-state index contributed by atoms with van der Waals surface area (Å²) in [4.78, 5) is 1.47. The van der Waals surface area contributed by atoms with Crippen LogP contribution in [0, 0.1) is 13.8 Å². The summed E-state index contributed by atoms with van der Waals surface area (Å²) in [5.41, 5.74) is 13.1. The minimum atomic E-state index is 0.138. The summed E-state index contributed by atoms with van der Waals surface area (Å²) in [6, 6.07) is 17.1. The van der Waals surface area contributed by atoms with E-state index in [4.69, 9.17) is 5.73 Å². The molecule has 4 N–H and O–H groups in total. The number of aryl methyl sites for hydroxylation is 2. The number of nitrogens with zero attached hydrogens (tertiary/aromatic N) is 3. The van der Waals surface area contributed by atoms with Crippen molar-refractivity contribution in [1.29, 1.82) is 0 Å². The van der Waals surface area contributed by atoms with Gasteiger partial charge in [-0.25, -0.2) is 0 Å². The number of rotatable bonds is 4. The third-order valence-electron chi connectivity index (χ3n) is 4.64. The topological polar surface area (TPSA) is 89.0 Å². The molecule has 1 aromatic heterocycles. The Morgan fingerprint density at radius 1 is 0.963 bits per heavy atom. The highest BCUT2D eigenvalue weighted by molar-refractivity contribution is 5.73. The standard InChI is InChI=1S/C21H21N5O/c1-13-10-19(14(2)9-16(13)22)23-12-15-7-8-21(27)20(11-15)26-24-17-5-3-4-6-18(17)25-26/h3-11,23,27H,12,22H2,1-2H3. The lowest BCUT2D eigenvalue weighted by Gasteiger charge is -2.13. The molecule has 3 aromatic carbocycles. The maximum Gasteiger partial charge on any atom is 0.143 e. The molecule has 0 aliphatic heterocycles. The lowest BCUT2D eigenvalue weighted by Crippen LogP contribution is -2.05. The molecule has 136 valence electrons. The summed E-state index contributed by atoms with van der Waals surface area (Å²) in [5, 5.41) is 22.6. The fourth-order valence-electron chi connectivity index (χ4n) is 3.03. The Hall–Kier alpha value is -3.54. The number of benzene rings is 3. The van der Waals surface area contributed by atoms with E-state index < -0.39 is 0 Å². The van der Waals surface area contributed by atoms with E-state index in [0.717, 1.165) is 39.1 Å². The van der Waals surface area contributed by atoms with Crippen LogP contribution in [0.4, 0.5) is 11.4 Å². The molecule has 4 aromatic rings. The number of nitrogens with one attached hydrogen (secondary N) is 1. The van der Waals surface area contributed by atoms with Gasteiger partial charge in [0.15, 0.2) is 0 Å². The Balaban J connectivity index is 1.62. The van der Waals surface area contributed by atoms with Gasteiger partial charge in [-0.15, -0.1) is 15.0 Å². The highest BCUT2D eigenvalue weighted by Crippen LogP contribution is 2.25. The maximum atomic E-state index is 10.3. The molecular weight excluding hydrogens is 338 g/mol. The quantitative estimate of drug-likeness (QED) is 0.480. The van der Waals surface area contributed by atoms with Crippen molar-refractivity contribution in [1.82, 2.24) is 15.0 Å². The molecule has 4 rings (SSSR count). The number of phenols is 1. The van der Waals surface area contributed by atoms with E-state index in [1.165, 1.54) is 4.80 Å². The molecule has 0 bridgehead atoms. The van der Waals surface area contributed by atoms with Gasteiger partial charge in [0, 0.05) is 17.9 Å². The number of hydrogen-bond donors (Lipinski definition) is 3. The zero-order chi connectivity index (χ0) is 19.0. The first-order valence-corrected chi connectivity index (χ1v) is 8.76. The number of fused-ring (bicyclic) bond motifs is 1. The fourth-order valence-corrected chi connectivity index (χ4v) is 3.03. The van der Waals surface area contributed by atoms with E-state index in [9.17, 15) is 5.11 Å². The summed E-state index contributed by atoms with van der Waals surface area (Å²) in [7, 11) is 0. The Labute approximate surface area is 157 Å². The summed E-state index contributed by atoms with van der Waals surface area (Å²) >= 11 is 0. The van der Waals surface area contributed by atoms with Crippen LogP contribution in [0.3, 0.4) is 0 Å². The van der Waals surface area contributed by atoms with Gasteiger partial charge >= 0.3 is 0 Å². The predicted octanol–water partition coefficient (Wildman–Crippen LogP) is 3.94. The maximum absolute atomic E-state index is 10.3. The third kappa shape index (κ3) is 3.29. The minimum Gasteiger partial charge on any atom is -0.506 e. The molecule has 0 radical (unpaired) electrons. The summed E-state index contributed by atoms with van der Waals surface area (Å²) in [6.07, 6.45) is 0. The zero-order valence-corrected chi connectivity index (χ0v) is 15.3. The average Bonchev–Trinajstić information content (AvgIpc) is 3.08. The average molecular weight is 359 g/mol. The molecule has 1 heterocycles. The van der Waals surface area contributed by atoms with Crippen LogP contribution < -0.4 is 11.1 Å². The molecular formula is C21H21N5O. The molecule has 6 nitrogen and oxygen atoms in total. The number of phenolic OH excluding ortho intramolecular Hbond substituents is 1. The molecule has 0 atom stereocenters. The number of aromatic hydroxyl groups is 1. The van der Waals surface area contributed by atoms with Crippen LogP contribution >= 0.6 is 0 Å². The lowest BCUT2D eigenvalue weighted by atomic mass is 10.1. The second-order valence-electron chi connectivity index (χ2n) is 6.68. The van der Waals surface area contributed by atoms with E-state index in [0.29, 0.717) is 12.2 Å². The van der Waals surface area contributed by atoms with Gasteiger partial charge in [0.2, 0.25) is 0 Å². The summed E-state index contributed by atoms with van der Waals surface area (Å²) in [5.74, 6) is 0.138. The summed E-state index contributed by atoms with van der Waals surface area (Å²) < 4.78 is 0. The van der Waals surface area contributed by atoms with Crippen LogP contribution in [0.5, 0.6) is 5.75 Å². The first kappa shape index (κ1) is 16.9. The predicted molar refractivity (Wildman–Crippen MR) is 108 cm³/mol. The van der Waals surface area contributed by atoms with Crippen molar-refractivity contribution in [2.24, 2.45) is 0 Å². The van der Waals surface area contributed by atoms with E-state index in [2.05, 4.69) is 15.5 Å². The van der Waals surface area contributed by atoms with E-state index in [1.807, 2.05) is 62.4 Å². The Bertz CT molecular complexity index is 1100. The molecule has 0 unspecified atom stereocenters. The first-order chi connectivity index (χ1) is 13.0. The van der Waals surface area contributed by atoms with Gasteiger partial charge in [-0.2, -0.15) is 0 Å². The number of aromatic nitrogens is 3. The highest BCUT2D eigenvalue weighted by atomic mass is 16.3. The molecule has 0 aliphatic carbocycles. The minimum absolute atomic E-state index is 0.138. The van der Waals surface area contributed by atoms with Gasteiger partial charge in [-0.3, -0.25) is 0 Å². The van der Waals surface area contributed by atoms with Crippen molar-refractivity contribution >= 4 is 22.4 Å². The molecule has 0 amide bonds. The van der Waals surface area contributed by atoms with Crippen molar-refractivity contribution in [2.45, 2.75) is 20.4 Å². The van der Waals surface area contributed by atoms with Gasteiger partial charge in [-0.05, 0) is 66.9 Å². The zero-order valence-electron chi connectivity index (χ0n) is 15.3. The van der Waals surface area contributed by atoms with Crippen molar-refractivity contribution in [3.05, 3.63) is 71.3 Å². The number of hydrogen-bond acceptors (Lipinski definition) is 5. The third-order valence-corrected chi connectivity index (χ3v) is 4.64. The van der Waals surface area contributed by atoms with Crippen LogP contribution in [0.15, 0.2) is 54.6 Å². The van der Waals surface area contributed by atoms with Gasteiger partial charge in [0.05, 0.1) is 0 Å². The summed E-state index contributed by atoms with van der Waals surface area (Å²) in [6.45, 7) is 4.63. The van der Waals surface area contributed by atoms with Crippen LogP contribution in [-0.4, -0.2) is 20.1 Å². The van der Waals surface area contributed by atoms with Crippen molar-refractivity contribution < 1.29 is 5.11 Å². The molecule has 0 fully saturated rings. The molecule has 0 saturated heterocycles. The molecule has 0 aliphatic rings. The number of nitrogens with two attached hydrogens (primary N) is 1. The monoisotopic (exact) mass is 359 g/mol. The van der Waals surface area contributed by atoms with E-state index in [1.54, 1.807) is 6.07 Å². The van der Waals surface area contributed by atoms with Gasteiger partial charge in [-0.1, -0.05) is 18.2 Å². The second kappa shape index (κ2) is 6.64. The van der Waals surface area contributed by atoms with Crippen molar-refractivity contribution in [3.63, 3.8) is 0 Å². The second-order valence-corrected chi connectivity index (χ2v) is 6.68. The van der Waals surface area contributed by atoms with Crippen molar-refractivity contribution in [3.8, 4) is 11.4 Å². The lowest BCUT2D eigenvalue weighted by molar-refractivity contribution is 0.467. The highest BCUT2D eigenvalue weighted by Gasteiger charge is 2.10. The SMILES string of the molecule is Cc1cc(NCc2ccc(O)c(-n3nc4ccccc4n3)c2)c(C)cc1N. The number of anilines is 2. The van der Waals surface area contributed by atoms with Crippen LogP contribution in [0.1, 0.15) is 16.7 Å². The smallest absolute Gasteiger partial charge is 0.143 e. The van der Waals surface area contributed by atoms with Crippen LogP contribution in [0.2, 0.25) is 0 Å². The fraction of sp³-hybridized carbons (Fsp3) is 0.143. The Morgan fingerprint density at radius 3 is 2.37 bits per heavy atom. The van der Waals surface area contributed by atoms with Crippen molar-refractivity contribution in [2.75, 3.05) is 11.1 Å². The van der Waals surface area contributed by atoms with Gasteiger partial charge < -0.3 is 16.2 Å². The first-order valence-electron chi connectivity index (χ1n) is 8.76. The molecule has 27 heavy (non-hydrogen) atoms. The van der Waals surface area contributed by atoms with Crippen LogP contribution in [-0.2, 0) is 6.54 Å².